The fourth-order valence-corrected chi connectivity index (χ4v) is 4.20. The number of aliphatic hydroxyl groups excluding tert-OH is 1. The van der Waals surface area contributed by atoms with Crippen LogP contribution in [-0.4, -0.2) is 45.6 Å². The van der Waals surface area contributed by atoms with E-state index in [1.807, 2.05) is 0 Å². The van der Waals surface area contributed by atoms with E-state index in [9.17, 15) is 9.90 Å². The van der Waals surface area contributed by atoms with Crippen molar-refractivity contribution in [2.45, 2.75) is 50.7 Å². The highest BCUT2D eigenvalue weighted by molar-refractivity contribution is 7.15. The molecule has 1 aliphatic carbocycles. The zero-order chi connectivity index (χ0) is 15.5. The summed E-state index contributed by atoms with van der Waals surface area (Å²) in [6.45, 7) is 4.69. The lowest BCUT2D eigenvalue weighted by Gasteiger charge is -2.36. The number of carbonyl (C=O) groups is 1. The van der Waals surface area contributed by atoms with Gasteiger partial charge in [-0.2, -0.15) is 0 Å². The van der Waals surface area contributed by atoms with E-state index >= 15 is 0 Å². The van der Waals surface area contributed by atoms with Gasteiger partial charge in [0.15, 0.2) is 0 Å². The predicted molar refractivity (Wildman–Crippen MR) is 86.0 cm³/mol. The number of anilines is 1. The summed E-state index contributed by atoms with van der Waals surface area (Å²) in [7, 11) is 0. The second kappa shape index (κ2) is 6.75. The number of hydrogen-bond acceptors (Lipinski definition) is 5. The molecule has 1 atom stereocenters. The number of nitrogens with zero attached hydrogens (tertiary/aromatic N) is 4. The van der Waals surface area contributed by atoms with Crippen molar-refractivity contribution in [1.29, 1.82) is 0 Å². The van der Waals surface area contributed by atoms with Crippen LogP contribution in [0.4, 0.5) is 9.93 Å². The molecule has 2 heterocycles. The molecule has 1 aromatic heterocycles. The second-order valence-electron chi connectivity index (χ2n) is 5.91. The van der Waals surface area contributed by atoms with Crippen LogP contribution in [0.5, 0.6) is 0 Å². The molecule has 1 saturated heterocycles. The molecule has 0 radical (unpaired) electrons. The Bertz CT molecular complexity index is 541. The Morgan fingerprint density at radius 1 is 1.27 bits per heavy atom. The van der Waals surface area contributed by atoms with Crippen LogP contribution in [0.25, 0.3) is 0 Å². The van der Waals surface area contributed by atoms with E-state index in [0.29, 0.717) is 30.6 Å². The van der Waals surface area contributed by atoms with Crippen LogP contribution in [-0.2, 0) is 0 Å². The summed E-state index contributed by atoms with van der Waals surface area (Å²) in [5.41, 5.74) is 0. The minimum atomic E-state index is -0.819. The average molecular weight is 322 g/mol. The van der Waals surface area contributed by atoms with Crippen molar-refractivity contribution >= 4 is 22.5 Å². The van der Waals surface area contributed by atoms with Crippen LogP contribution >= 0.6 is 11.3 Å². The number of urea groups is 1. The van der Waals surface area contributed by atoms with Gasteiger partial charge in [0.05, 0.1) is 0 Å². The van der Waals surface area contributed by atoms with E-state index in [4.69, 9.17) is 0 Å². The third-order valence-electron chi connectivity index (χ3n) is 4.37. The van der Waals surface area contributed by atoms with E-state index in [1.165, 1.54) is 35.5 Å². The SMILES string of the molecule is C=CCN1CCC(O)N(c2nnc(C3CCCCC3)s2)C1=O. The highest BCUT2D eigenvalue weighted by Crippen LogP contribution is 2.37. The number of rotatable bonds is 4. The monoisotopic (exact) mass is 322 g/mol. The van der Waals surface area contributed by atoms with Gasteiger partial charge in [0.25, 0.3) is 0 Å². The third kappa shape index (κ3) is 3.01. The smallest absolute Gasteiger partial charge is 0.328 e. The van der Waals surface area contributed by atoms with Crippen LogP contribution in [0, 0.1) is 0 Å². The molecule has 2 amide bonds. The van der Waals surface area contributed by atoms with Crippen LogP contribution in [0.15, 0.2) is 12.7 Å². The van der Waals surface area contributed by atoms with E-state index in [-0.39, 0.29) is 6.03 Å². The first-order chi connectivity index (χ1) is 10.7. The number of aliphatic hydroxyl groups is 1. The molecule has 0 aromatic carbocycles. The molecule has 1 N–H and O–H groups in total. The van der Waals surface area contributed by atoms with Gasteiger partial charge in [-0.3, -0.25) is 0 Å². The lowest BCUT2D eigenvalue weighted by molar-refractivity contribution is 0.112. The first-order valence-electron chi connectivity index (χ1n) is 7.91. The lowest BCUT2D eigenvalue weighted by atomic mass is 9.90. The van der Waals surface area contributed by atoms with E-state index in [2.05, 4.69) is 16.8 Å². The molecule has 1 unspecified atom stereocenters. The molecule has 0 bridgehead atoms. The summed E-state index contributed by atoms with van der Waals surface area (Å²) < 4.78 is 0. The van der Waals surface area contributed by atoms with Crippen molar-refractivity contribution in [3.8, 4) is 0 Å². The maximum Gasteiger partial charge on any atom is 0.328 e. The van der Waals surface area contributed by atoms with Crippen LogP contribution in [0.2, 0.25) is 0 Å². The Hall–Kier alpha value is -1.47. The molecule has 7 heteroatoms. The highest BCUT2D eigenvalue weighted by atomic mass is 32.1. The first kappa shape index (κ1) is 15.4. The molecule has 22 heavy (non-hydrogen) atoms. The standard InChI is InChI=1S/C15H22N4O2S/c1-2-9-18-10-8-12(20)19(15(18)21)14-17-16-13(22-14)11-6-4-3-5-7-11/h2,11-12,20H,1,3-10H2. The average Bonchev–Trinajstić information content (AvgIpc) is 3.01. The fourth-order valence-electron chi connectivity index (χ4n) is 3.15. The maximum atomic E-state index is 12.5. The van der Waals surface area contributed by atoms with E-state index in [0.717, 1.165) is 17.8 Å². The van der Waals surface area contributed by atoms with Gasteiger partial charge in [-0.25, -0.2) is 9.69 Å². The van der Waals surface area contributed by atoms with E-state index < -0.39 is 6.23 Å². The molecule has 1 saturated carbocycles. The van der Waals surface area contributed by atoms with E-state index in [1.54, 1.807) is 11.0 Å². The normalized spacial score (nSPS) is 23.9. The van der Waals surface area contributed by atoms with Crippen molar-refractivity contribution in [2.24, 2.45) is 0 Å². The Labute approximate surface area is 134 Å². The van der Waals surface area contributed by atoms with Crippen molar-refractivity contribution in [2.75, 3.05) is 18.0 Å². The van der Waals surface area contributed by atoms with Crippen LogP contribution < -0.4 is 4.90 Å². The fraction of sp³-hybridized carbons (Fsp3) is 0.667. The van der Waals surface area contributed by atoms with Gasteiger partial charge in [0.2, 0.25) is 5.13 Å². The van der Waals surface area contributed by atoms with Gasteiger partial charge in [0.1, 0.15) is 11.2 Å². The van der Waals surface area contributed by atoms with Gasteiger partial charge in [-0.05, 0) is 12.8 Å². The minimum absolute atomic E-state index is 0.218. The molecule has 3 rings (SSSR count). The zero-order valence-corrected chi connectivity index (χ0v) is 13.5. The second-order valence-corrected chi connectivity index (χ2v) is 6.90. The molecule has 1 aromatic rings. The Morgan fingerprint density at radius 3 is 2.77 bits per heavy atom. The maximum absolute atomic E-state index is 12.5. The Kier molecular flexibility index (Phi) is 4.73. The summed E-state index contributed by atoms with van der Waals surface area (Å²) >= 11 is 1.44. The molecular weight excluding hydrogens is 300 g/mol. The molecule has 120 valence electrons. The van der Waals surface area contributed by atoms with Crippen molar-refractivity contribution < 1.29 is 9.90 Å². The largest absolute Gasteiger partial charge is 0.373 e. The number of hydrogen-bond donors (Lipinski definition) is 1. The number of aromatic nitrogens is 2. The third-order valence-corrected chi connectivity index (χ3v) is 5.46. The highest BCUT2D eigenvalue weighted by Gasteiger charge is 2.35. The molecular formula is C15H22N4O2S. The summed E-state index contributed by atoms with van der Waals surface area (Å²) in [4.78, 5) is 15.5. The minimum Gasteiger partial charge on any atom is -0.373 e. The summed E-state index contributed by atoms with van der Waals surface area (Å²) in [6.07, 6.45) is 7.44. The van der Waals surface area contributed by atoms with Gasteiger partial charge < -0.3 is 10.0 Å². The Morgan fingerprint density at radius 2 is 2.05 bits per heavy atom. The van der Waals surface area contributed by atoms with Crippen LogP contribution in [0.3, 0.4) is 0 Å². The van der Waals surface area contributed by atoms with Crippen molar-refractivity contribution in [1.82, 2.24) is 15.1 Å². The molecule has 2 fully saturated rings. The zero-order valence-electron chi connectivity index (χ0n) is 12.6. The number of carbonyl (C=O) groups excluding carboxylic acids is 1. The van der Waals surface area contributed by atoms with Gasteiger partial charge in [-0.1, -0.05) is 36.7 Å². The van der Waals surface area contributed by atoms with Gasteiger partial charge in [-0.15, -0.1) is 16.8 Å². The van der Waals surface area contributed by atoms with Crippen molar-refractivity contribution in [3.05, 3.63) is 17.7 Å². The summed E-state index contributed by atoms with van der Waals surface area (Å²) in [5, 5.41) is 20.1. The molecule has 1 aliphatic heterocycles. The number of amides is 2. The first-order valence-corrected chi connectivity index (χ1v) is 8.73. The van der Waals surface area contributed by atoms with Gasteiger partial charge in [0, 0.05) is 25.4 Å². The predicted octanol–water partition coefficient (Wildman–Crippen LogP) is 2.72. The summed E-state index contributed by atoms with van der Waals surface area (Å²) in [5.74, 6) is 0.460. The molecule has 0 spiro atoms. The van der Waals surface area contributed by atoms with Crippen LogP contribution in [0.1, 0.15) is 49.5 Å². The lowest BCUT2D eigenvalue weighted by Crippen LogP contribution is -2.54. The topological polar surface area (TPSA) is 69.6 Å². The van der Waals surface area contributed by atoms with Crippen molar-refractivity contribution in [3.63, 3.8) is 0 Å². The van der Waals surface area contributed by atoms with Gasteiger partial charge >= 0.3 is 6.03 Å². The summed E-state index contributed by atoms with van der Waals surface area (Å²) in [6, 6.07) is -0.218. The molecule has 6 nitrogen and oxygen atoms in total. The quantitative estimate of drug-likeness (QED) is 0.865. The Balaban J connectivity index is 1.78. The molecule has 2 aliphatic rings.